The molecule has 3 aromatic heterocycles. The van der Waals surface area contributed by atoms with Crippen LogP contribution in [0.3, 0.4) is 0 Å². The average Bonchev–Trinajstić information content (AvgIpc) is 3.56. The lowest BCUT2D eigenvalue weighted by atomic mass is 10.1. The molecule has 1 aliphatic heterocycles. The van der Waals surface area contributed by atoms with Crippen molar-refractivity contribution in [2.24, 2.45) is 0 Å². The van der Waals surface area contributed by atoms with Crippen molar-refractivity contribution < 1.29 is 27.4 Å². The van der Waals surface area contributed by atoms with E-state index in [1.807, 2.05) is 26.8 Å². The second-order valence-corrected chi connectivity index (χ2v) is 11.3. The molecule has 1 N–H and O–H groups in total. The van der Waals surface area contributed by atoms with Crippen molar-refractivity contribution in [1.82, 2.24) is 29.7 Å². The van der Waals surface area contributed by atoms with E-state index >= 15 is 0 Å². The van der Waals surface area contributed by atoms with E-state index in [4.69, 9.17) is 18.9 Å². The molecule has 206 valence electrons. The minimum atomic E-state index is -4.09. The van der Waals surface area contributed by atoms with Gasteiger partial charge in [0.1, 0.15) is 23.5 Å². The number of aryl methyl sites for hydroxylation is 1. The Morgan fingerprint density at radius 2 is 1.79 bits per heavy atom. The van der Waals surface area contributed by atoms with Gasteiger partial charge < -0.3 is 18.9 Å². The highest BCUT2D eigenvalue weighted by Crippen LogP contribution is 2.36. The minimum absolute atomic E-state index is 0.0645. The molecule has 0 aromatic carbocycles. The molecule has 3 aromatic rings. The third-order valence-electron chi connectivity index (χ3n) is 6.14. The van der Waals surface area contributed by atoms with E-state index in [9.17, 15) is 8.42 Å². The van der Waals surface area contributed by atoms with E-state index in [0.29, 0.717) is 31.2 Å². The lowest BCUT2D eigenvalue weighted by molar-refractivity contribution is 0.00416. The number of anilines is 1. The lowest BCUT2D eigenvalue weighted by Gasteiger charge is -2.26. The number of nitrogens with one attached hydrogen (secondary N) is 1. The summed E-state index contributed by atoms with van der Waals surface area (Å²) < 4.78 is 54.2. The van der Waals surface area contributed by atoms with Gasteiger partial charge in [-0.3, -0.25) is 14.3 Å². The molecule has 1 aliphatic rings. The smallest absolute Gasteiger partial charge is 0.245 e. The summed E-state index contributed by atoms with van der Waals surface area (Å²) in [6.45, 7) is 8.11. The molecule has 0 unspecified atom stereocenters. The maximum atomic E-state index is 13.8. The van der Waals surface area contributed by atoms with Gasteiger partial charge in [0, 0.05) is 18.7 Å². The van der Waals surface area contributed by atoms with Gasteiger partial charge in [0.2, 0.25) is 27.7 Å². The maximum absolute atomic E-state index is 13.8. The van der Waals surface area contributed by atoms with Crippen LogP contribution < -0.4 is 14.2 Å². The average molecular weight is 548 g/mol. The van der Waals surface area contributed by atoms with Crippen molar-refractivity contribution in [3.8, 4) is 17.4 Å². The van der Waals surface area contributed by atoms with Gasteiger partial charge in [-0.25, -0.2) is 8.42 Å². The van der Waals surface area contributed by atoms with E-state index in [0.717, 1.165) is 5.56 Å². The number of aromatic nitrogens is 6. The number of hydrogen-bond acceptors (Lipinski definition) is 11. The van der Waals surface area contributed by atoms with Crippen LogP contribution in [0.5, 0.6) is 11.8 Å². The van der Waals surface area contributed by atoms with E-state index < -0.39 is 21.4 Å². The van der Waals surface area contributed by atoms with Gasteiger partial charge in [0.25, 0.3) is 0 Å². The molecule has 3 atom stereocenters. The number of nitrogens with zero attached hydrogens (tertiary/aromatic N) is 6. The summed E-state index contributed by atoms with van der Waals surface area (Å²) in [5.74, 6) is 0.590. The van der Waals surface area contributed by atoms with Crippen LogP contribution in [-0.4, -0.2) is 76.9 Å². The summed E-state index contributed by atoms with van der Waals surface area (Å²) in [6.07, 6.45) is 2.57. The first-order chi connectivity index (χ1) is 18.2. The van der Waals surface area contributed by atoms with Crippen LogP contribution in [-0.2, 0) is 19.5 Å². The van der Waals surface area contributed by atoms with E-state index in [2.05, 4.69) is 29.9 Å². The zero-order valence-electron chi connectivity index (χ0n) is 22.3. The highest BCUT2D eigenvalue weighted by atomic mass is 32.2. The fourth-order valence-corrected chi connectivity index (χ4v) is 5.27. The van der Waals surface area contributed by atoms with Gasteiger partial charge in [0.05, 0.1) is 32.6 Å². The Morgan fingerprint density at radius 1 is 1.08 bits per heavy atom. The van der Waals surface area contributed by atoms with Crippen LogP contribution in [0.4, 0.5) is 5.95 Å². The molecule has 1 saturated heterocycles. The standard InChI is InChI=1S/C24H33N7O6S/c1-14(2)37-20(18-8-7-15(3)11-25-18)16(4)38(32,33)30-24-29-28-21(17-9-10-36-12-17)31(24)19-22(34-5)26-13-27-23(19)35-6/h7-8,11,13-14,16-17,20H,9-10,12H2,1-6H3,(H,29,30)/t16-,17+,20+/m0/s1. The summed E-state index contributed by atoms with van der Waals surface area (Å²) in [5.41, 5.74) is 1.73. The summed E-state index contributed by atoms with van der Waals surface area (Å²) in [4.78, 5) is 12.8. The first-order valence-electron chi connectivity index (χ1n) is 12.2. The monoisotopic (exact) mass is 547 g/mol. The largest absolute Gasteiger partial charge is 0.479 e. The molecule has 14 heteroatoms. The Balaban J connectivity index is 1.78. The number of hydrogen-bond donors (Lipinski definition) is 1. The molecular weight excluding hydrogens is 514 g/mol. The van der Waals surface area contributed by atoms with Crippen LogP contribution >= 0.6 is 0 Å². The third kappa shape index (κ3) is 5.71. The number of ether oxygens (including phenoxy) is 4. The number of pyridine rings is 1. The number of methoxy groups -OCH3 is 2. The Morgan fingerprint density at radius 3 is 2.34 bits per heavy atom. The van der Waals surface area contributed by atoms with Crippen LogP contribution in [0.25, 0.3) is 5.69 Å². The Labute approximate surface area is 222 Å². The van der Waals surface area contributed by atoms with Gasteiger partial charge in [-0.2, -0.15) is 9.97 Å². The zero-order chi connectivity index (χ0) is 27.4. The molecular formula is C24H33N7O6S. The fourth-order valence-electron chi connectivity index (χ4n) is 4.17. The van der Waals surface area contributed by atoms with Gasteiger partial charge >= 0.3 is 0 Å². The van der Waals surface area contributed by atoms with E-state index in [-0.39, 0.29) is 35.4 Å². The maximum Gasteiger partial charge on any atom is 0.245 e. The van der Waals surface area contributed by atoms with Crippen LogP contribution in [0.2, 0.25) is 0 Å². The van der Waals surface area contributed by atoms with Crippen molar-refractivity contribution in [3.63, 3.8) is 0 Å². The second kappa shape index (κ2) is 11.6. The predicted molar refractivity (Wildman–Crippen MR) is 138 cm³/mol. The molecule has 1 fully saturated rings. The predicted octanol–water partition coefficient (Wildman–Crippen LogP) is 2.58. The highest BCUT2D eigenvalue weighted by molar-refractivity contribution is 7.93. The van der Waals surface area contributed by atoms with Crippen molar-refractivity contribution >= 4 is 16.0 Å². The summed E-state index contributed by atoms with van der Waals surface area (Å²) in [6, 6.07) is 3.64. The van der Waals surface area contributed by atoms with E-state index in [1.54, 1.807) is 19.2 Å². The normalized spacial score (nSPS) is 17.4. The Bertz CT molecular complexity index is 1320. The lowest BCUT2D eigenvalue weighted by Crippen LogP contribution is -2.34. The molecule has 0 saturated carbocycles. The summed E-state index contributed by atoms with van der Waals surface area (Å²) in [7, 11) is -1.19. The summed E-state index contributed by atoms with van der Waals surface area (Å²) >= 11 is 0. The molecule has 13 nitrogen and oxygen atoms in total. The molecule has 0 bridgehead atoms. The van der Waals surface area contributed by atoms with Crippen LogP contribution in [0.15, 0.2) is 24.7 Å². The molecule has 4 heterocycles. The molecule has 38 heavy (non-hydrogen) atoms. The highest BCUT2D eigenvalue weighted by Gasteiger charge is 2.36. The van der Waals surface area contributed by atoms with Crippen molar-refractivity contribution in [2.45, 2.75) is 57.5 Å². The fraction of sp³-hybridized carbons (Fsp3) is 0.542. The number of rotatable bonds is 11. The van der Waals surface area contributed by atoms with Crippen molar-refractivity contribution in [2.75, 3.05) is 32.2 Å². The van der Waals surface area contributed by atoms with Gasteiger partial charge in [-0.15, -0.1) is 10.2 Å². The first-order valence-corrected chi connectivity index (χ1v) is 13.8. The van der Waals surface area contributed by atoms with Gasteiger partial charge in [-0.05, 0) is 45.7 Å². The van der Waals surface area contributed by atoms with Crippen molar-refractivity contribution in [1.29, 1.82) is 0 Å². The molecule has 0 spiro atoms. The number of sulfonamides is 1. The second-order valence-electron chi connectivity index (χ2n) is 9.24. The van der Waals surface area contributed by atoms with Crippen LogP contribution in [0.1, 0.15) is 56.3 Å². The van der Waals surface area contributed by atoms with Crippen molar-refractivity contribution in [3.05, 3.63) is 41.7 Å². The SMILES string of the molecule is COc1ncnc(OC)c1-n1c(NS(=O)(=O)[C@@H](C)[C@@H](OC(C)C)c2ccc(C)cn2)nnc1[C@@H]1CCOC1. The zero-order valence-corrected chi connectivity index (χ0v) is 23.1. The summed E-state index contributed by atoms with van der Waals surface area (Å²) in [5, 5.41) is 7.49. The minimum Gasteiger partial charge on any atom is -0.479 e. The van der Waals surface area contributed by atoms with E-state index in [1.165, 1.54) is 25.1 Å². The van der Waals surface area contributed by atoms with Gasteiger partial charge in [0.15, 0.2) is 5.69 Å². The molecule has 4 rings (SSSR count). The van der Waals surface area contributed by atoms with Gasteiger partial charge in [-0.1, -0.05) is 6.07 Å². The topological polar surface area (TPSA) is 152 Å². The Hall–Kier alpha value is -3.36. The van der Waals surface area contributed by atoms with Crippen LogP contribution in [0, 0.1) is 6.92 Å². The quantitative estimate of drug-likeness (QED) is 0.377. The molecule has 0 radical (unpaired) electrons. The third-order valence-corrected chi connectivity index (χ3v) is 7.84. The molecule has 0 amide bonds. The first kappa shape index (κ1) is 27.7. The molecule has 0 aliphatic carbocycles. The Kier molecular flexibility index (Phi) is 8.43.